The molecule has 12 nitrogen and oxygen atoms in total. The normalized spacial score (nSPS) is 11.8. The van der Waals surface area contributed by atoms with Gasteiger partial charge < -0.3 is 124 Å². The maximum absolute atomic E-state index is 9.56. The summed E-state index contributed by atoms with van der Waals surface area (Å²) in [7, 11) is 9.17. The number of hydrogen-bond acceptors (Lipinski definition) is 4. The van der Waals surface area contributed by atoms with Crippen molar-refractivity contribution in [2.45, 2.75) is 127 Å². The molecule has 0 saturated carbocycles. The van der Waals surface area contributed by atoms with E-state index in [2.05, 4.69) is 206 Å². The van der Waals surface area contributed by atoms with E-state index >= 15 is 0 Å². The fraction of sp³-hybridized carbons (Fsp3) is 0.614. The molecule has 0 heterocycles. The molecule has 0 fully saturated rings. The molecule has 16 heteroatoms. The highest BCUT2D eigenvalue weighted by Gasteiger charge is 2.34. The summed E-state index contributed by atoms with van der Waals surface area (Å²) in [5, 5.41) is 37.8. The molecule has 4 rings (SSSR count). The van der Waals surface area contributed by atoms with Crippen molar-refractivity contribution in [1.29, 1.82) is 0 Å². The van der Waals surface area contributed by atoms with Crippen LogP contribution in [0, 0.1) is 0 Å². The van der Waals surface area contributed by atoms with Crippen LogP contribution < -0.4 is 67.9 Å². The largest absolute Gasteiger partial charge is 1.00 e. The third-order valence-corrected chi connectivity index (χ3v) is 21.0. The lowest BCUT2D eigenvalue weighted by molar-refractivity contribution is -0.981. The van der Waals surface area contributed by atoms with Crippen LogP contribution in [0.25, 0.3) is 0 Å². The number of halogens is 4. The lowest BCUT2D eigenvalue weighted by atomic mass is 10.1. The maximum Gasteiger partial charge on any atom is 0.129 e. The molecule has 99 heavy (non-hydrogen) atoms. The smallest absolute Gasteiger partial charge is 0.129 e. The molecule has 0 aliphatic rings. The van der Waals surface area contributed by atoms with Crippen LogP contribution in [-0.4, -0.2) is 268 Å². The quantitative estimate of drug-likeness (QED) is 0.0307. The summed E-state index contributed by atoms with van der Waals surface area (Å²) in [4.78, 5) is 0. The highest BCUT2D eigenvalue weighted by atomic mass is 79.9. The van der Waals surface area contributed by atoms with E-state index in [1.807, 2.05) is 49.6 Å². The molecular weight excluding hydrogens is 1490 g/mol. The number of benzene rings is 4. The van der Waals surface area contributed by atoms with E-state index in [9.17, 15) is 20.4 Å². The minimum atomic E-state index is 0. The Kier molecular flexibility index (Phi) is 60.7. The van der Waals surface area contributed by atoms with Crippen LogP contribution in [0.15, 0.2) is 172 Å². The first-order valence-electron chi connectivity index (χ1n) is 37.4. The van der Waals surface area contributed by atoms with Crippen LogP contribution in [0.1, 0.15) is 123 Å². The summed E-state index contributed by atoms with van der Waals surface area (Å²) in [6, 6.07) is 43.0. The maximum atomic E-state index is 9.56. The summed E-state index contributed by atoms with van der Waals surface area (Å²) in [5.41, 5.74) is 5.53. The molecule has 0 bridgehead atoms. The molecule has 0 amide bonds. The molecular formula is C83H150Br4N8O4+4. The molecule has 4 N–H and O–H groups in total. The van der Waals surface area contributed by atoms with Crippen molar-refractivity contribution < 1.29 is 124 Å². The van der Waals surface area contributed by atoms with Crippen molar-refractivity contribution >= 4 is 0 Å². The Morgan fingerprint density at radius 2 is 0.545 bits per heavy atom. The van der Waals surface area contributed by atoms with Gasteiger partial charge >= 0.3 is 0 Å². The predicted molar refractivity (Wildman–Crippen MR) is 410 cm³/mol. The van der Waals surface area contributed by atoms with Crippen molar-refractivity contribution in [3.63, 3.8) is 0 Å². The number of rotatable bonds is 51. The summed E-state index contributed by atoms with van der Waals surface area (Å²) in [5.74, 6) is 0. The van der Waals surface area contributed by atoms with Crippen molar-refractivity contribution in [3.05, 3.63) is 194 Å². The molecule has 0 aliphatic carbocycles. The minimum Gasteiger partial charge on any atom is -1.00 e. The van der Waals surface area contributed by atoms with Gasteiger partial charge in [-0.2, -0.15) is 0 Å². The zero-order valence-electron chi connectivity index (χ0n) is 65.1. The SMILES string of the molecule is C=CC[N+](C)(CC=C)CC[N+](CC=C)(CC=C)Cc1ccccc1.CCC[N+](C)(CCC)CCCC[N+](CCC)(CCC)Cc1ccccc1.CC[N+](C)(CC)CCC[N+](CC)(CC)Cc1ccccc1.C[N+](CCO)(CCO)CC[N+](CCO)(CCO)Cc1ccccc1.[Br-].[Br-].[Br-].[Br-]. The van der Waals surface area contributed by atoms with Gasteiger partial charge in [0.2, 0.25) is 0 Å². The van der Waals surface area contributed by atoms with Crippen LogP contribution in [0.2, 0.25) is 0 Å². The fourth-order valence-corrected chi connectivity index (χ4v) is 14.5. The van der Waals surface area contributed by atoms with Gasteiger partial charge in [0.25, 0.3) is 0 Å². The Morgan fingerprint density at radius 1 is 0.263 bits per heavy atom. The number of nitrogens with zero attached hydrogens (tertiary/aromatic N) is 8. The second-order valence-corrected chi connectivity index (χ2v) is 29.1. The molecule has 4 aromatic rings. The van der Waals surface area contributed by atoms with E-state index in [0.717, 1.165) is 74.4 Å². The summed E-state index contributed by atoms with van der Waals surface area (Å²) < 4.78 is 8.06. The highest BCUT2D eigenvalue weighted by molar-refractivity contribution is 5.16. The number of quaternary nitrogens is 8. The van der Waals surface area contributed by atoms with Gasteiger partial charge in [-0.3, -0.25) is 0 Å². The average Bonchev–Trinajstić information content (AvgIpc) is 0.882. The van der Waals surface area contributed by atoms with E-state index in [0.29, 0.717) is 35.1 Å². The second-order valence-electron chi connectivity index (χ2n) is 29.1. The first-order valence-corrected chi connectivity index (χ1v) is 37.4. The van der Waals surface area contributed by atoms with Crippen LogP contribution in [0.4, 0.5) is 0 Å². The van der Waals surface area contributed by atoms with Crippen molar-refractivity contribution in [1.82, 2.24) is 0 Å². The lowest BCUT2D eigenvalue weighted by Crippen LogP contribution is -3.00. The van der Waals surface area contributed by atoms with Gasteiger partial charge in [0.15, 0.2) is 0 Å². The third-order valence-electron chi connectivity index (χ3n) is 21.0. The Bertz CT molecular complexity index is 2490. The summed E-state index contributed by atoms with van der Waals surface area (Å²) >= 11 is 0. The molecule has 0 unspecified atom stereocenters. The third kappa shape index (κ3) is 42.1. The van der Waals surface area contributed by atoms with Gasteiger partial charge in [-0.05, 0) is 77.7 Å². The van der Waals surface area contributed by atoms with Gasteiger partial charge in [-0.1, -0.05) is 175 Å². The fourth-order valence-electron chi connectivity index (χ4n) is 14.5. The van der Waals surface area contributed by atoms with E-state index in [1.165, 1.54) is 177 Å². The zero-order chi connectivity index (χ0) is 70.9. The number of hydrogen-bond donors (Lipinski definition) is 4. The number of aliphatic hydroxyl groups is 4. The molecule has 4 aromatic carbocycles. The second kappa shape index (κ2) is 58.5. The Morgan fingerprint density at radius 3 is 0.869 bits per heavy atom. The van der Waals surface area contributed by atoms with Crippen molar-refractivity contribution in [2.24, 2.45) is 0 Å². The Labute approximate surface area is 651 Å². The summed E-state index contributed by atoms with van der Waals surface area (Å²) in [6.07, 6.45) is 17.3. The average molecular weight is 1640 g/mol. The lowest BCUT2D eigenvalue weighted by Gasteiger charge is -2.41. The van der Waals surface area contributed by atoms with Gasteiger partial charge in [-0.15, -0.1) is 0 Å². The molecule has 0 saturated heterocycles. The number of likely N-dealkylation sites (N-methyl/N-ethyl adjacent to an activating group) is 2. The molecule has 0 atom stereocenters. The van der Waals surface area contributed by atoms with E-state index < -0.39 is 0 Å². The first kappa shape index (κ1) is 103. The molecule has 0 aromatic heterocycles. The standard InChI is InChI=1S/C24H46N2.C22H34N2.C19H36N2.C18H34N2O4.4BrH/c1-6-17-25(5,18-7-2)21-13-14-22-26(19-8-3,20-9-4)23-24-15-11-10-12-16-24;1-6-15-23(5,16-7-2)19-20-24(17-8-3,18-9-4)21-22-13-11-10-12-14-22;1-6-20(5,7-2)16-13-17-21(8-3,9-4)18-19-14-11-10-12-15-19;1-19(9-13-21,10-14-22)7-8-20(11-15-23,12-16-24)17-18-5-3-2-4-6-18;;;;/h10-12,15-16H,6-9,13-14,17-23H2,1-5H3;6-14H,1-4,15-21H2,5H3;10-12,14-15H,6-9,13,16-18H2,1-5H3;2-6,21-24H,7-17H2,1H3;4*1H/q4*+2;;;;/p-4. The van der Waals surface area contributed by atoms with Crippen molar-refractivity contribution in [3.8, 4) is 0 Å². The van der Waals surface area contributed by atoms with Crippen LogP contribution in [0.5, 0.6) is 0 Å². The van der Waals surface area contributed by atoms with Gasteiger partial charge in [0.05, 0.1) is 159 Å². The van der Waals surface area contributed by atoms with E-state index in [4.69, 9.17) is 0 Å². The Hall–Kier alpha value is -2.72. The zero-order valence-corrected chi connectivity index (χ0v) is 71.5. The Balaban J connectivity index is -0.000000601. The minimum absolute atomic E-state index is 0. The van der Waals surface area contributed by atoms with Crippen LogP contribution in [-0.2, 0) is 26.2 Å². The monoisotopic (exact) mass is 1640 g/mol. The predicted octanol–water partition coefficient (Wildman–Crippen LogP) is 1.42. The highest BCUT2D eigenvalue weighted by Crippen LogP contribution is 2.23. The summed E-state index contributed by atoms with van der Waals surface area (Å²) in [6.45, 7) is 64.3. The number of unbranched alkanes of at least 4 members (excludes halogenated alkanes) is 1. The van der Waals surface area contributed by atoms with Crippen molar-refractivity contribution in [2.75, 3.05) is 212 Å². The molecule has 0 spiro atoms. The molecule has 570 valence electrons. The van der Waals surface area contributed by atoms with Gasteiger partial charge in [0.1, 0.15) is 78.5 Å². The van der Waals surface area contributed by atoms with Crippen LogP contribution >= 0.6 is 0 Å². The first-order chi connectivity index (χ1) is 45.6. The van der Waals surface area contributed by atoms with Gasteiger partial charge in [0, 0.05) is 41.5 Å². The molecule has 0 radical (unpaired) electrons. The van der Waals surface area contributed by atoms with E-state index in [1.54, 1.807) is 0 Å². The topological polar surface area (TPSA) is 80.9 Å². The van der Waals surface area contributed by atoms with E-state index in [-0.39, 0.29) is 94.4 Å². The van der Waals surface area contributed by atoms with Crippen LogP contribution in [0.3, 0.4) is 0 Å². The van der Waals surface area contributed by atoms with Gasteiger partial charge in [-0.25, -0.2) is 0 Å². The number of aliphatic hydroxyl groups excluding tert-OH is 4. The molecule has 0 aliphatic heterocycles.